The molecule has 0 amide bonds. The number of hydrogen-bond donors (Lipinski definition) is 2. The van der Waals surface area contributed by atoms with Gasteiger partial charge in [0.15, 0.2) is 0 Å². The van der Waals surface area contributed by atoms with Crippen molar-refractivity contribution in [3.8, 4) is 0 Å². The Morgan fingerprint density at radius 3 is 2.78 bits per heavy atom. The van der Waals surface area contributed by atoms with E-state index in [0.717, 1.165) is 11.3 Å². The quantitative estimate of drug-likeness (QED) is 0.774. The number of aromatic nitrogens is 4. The van der Waals surface area contributed by atoms with E-state index in [9.17, 15) is 4.39 Å². The zero-order chi connectivity index (χ0) is 16.4. The van der Waals surface area contributed by atoms with E-state index in [1.807, 2.05) is 20.0 Å². The molecule has 0 aliphatic carbocycles. The minimum absolute atomic E-state index is 0.248. The summed E-state index contributed by atoms with van der Waals surface area (Å²) in [5.41, 5.74) is 8.94. The molecule has 3 rings (SSSR count). The van der Waals surface area contributed by atoms with Crippen molar-refractivity contribution in [3.63, 3.8) is 0 Å². The van der Waals surface area contributed by atoms with E-state index in [1.54, 1.807) is 29.3 Å². The number of benzene rings is 1. The molecule has 1 aromatic carbocycles. The minimum Gasteiger partial charge on any atom is -0.383 e. The number of hydrogen-bond acceptors (Lipinski definition) is 5. The molecule has 7 heteroatoms. The highest BCUT2D eigenvalue weighted by atomic mass is 19.1. The van der Waals surface area contributed by atoms with Crippen LogP contribution in [-0.4, -0.2) is 19.7 Å². The van der Waals surface area contributed by atoms with Crippen molar-refractivity contribution in [1.82, 2.24) is 19.7 Å². The largest absolute Gasteiger partial charge is 0.383 e. The maximum absolute atomic E-state index is 13.9. The van der Waals surface area contributed by atoms with Crippen molar-refractivity contribution >= 4 is 17.5 Å². The van der Waals surface area contributed by atoms with E-state index in [0.29, 0.717) is 29.3 Å². The Hall–Kier alpha value is -2.96. The van der Waals surface area contributed by atoms with Crippen molar-refractivity contribution in [2.75, 3.05) is 11.1 Å². The predicted molar refractivity (Wildman–Crippen MR) is 86.9 cm³/mol. The minimum atomic E-state index is -0.248. The van der Waals surface area contributed by atoms with E-state index in [4.69, 9.17) is 5.73 Å². The Morgan fingerprint density at radius 1 is 1.30 bits per heavy atom. The number of nitrogens with zero attached hydrogens (tertiary/aromatic N) is 4. The van der Waals surface area contributed by atoms with Crippen LogP contribution in [0.5, 0.6) is 0 Å². The first kappa shape index (κ1) is 15.0. The summed E-state index contributed by atoms with van der Waals surface area (Å²) >= 11 is 0. The first-order chi connectivity index (χ1) is 11.0. The number of rotatable bonds is 4. The third kappa shape index (κ3) is 3.28. The van der Waals surface area contributed by atoms with Gasteiger partial charge in [-0.3, -0.25) is 4.68 Å². The maximum atomic E-state index is 13.9. The van der Waals surface area contributed by atoms with Gasteiger partial charge >= 0.3 is 0 Å². The molecule has 23 heavy (non-hydrogen) atoms. The van der Waals surface area contributed by atoms with Crippen LogP contribution in [0.4, 0.5) is 21.8 Å². The second kappa shape index (κ2) is 6.04. The van der Waals surface area contributed by atoms with Gasteiger partial charge in [-0.05, 0) is 24.1 Å². The molecule has 0 saturated heterocycles. The summed E-state index contributed by atoms with van der Waals surface area (Å²) in [5.74, 6) is 0.459. The molecule has 0 bridgehead atoms. The van der Waals surface area contributed by atoms with Crippen LogP contribution < -0.4 is 11.1 Å². The summed E-state index contributed by atoms with van der Waals surface area (Å²) in [6, 6.07) is 5.00. The highest BCUT2D eigenvalue weighted by Gasteiger charge is 2.11. The average molecular weight is 312 g/mol. The van der Waals surface area contributed by atoms with Gasteiger partial charge in [0.25, 0.3) is 0 Å². The van der Waals surface area contributed by atoms with Crippen LogP contribution in [0.1, 0.15) is 16.7 Å². The van der Waals surface area contributed by atoms with E-state index in [-0.39, 0.29) is 5.82 Å². The highest BCUT2D eigenvalue weighted by molar-refractivity contribution is 5.54. The third-order valence-electron chi connectivity index (χ3n) is 3.58. The molecule has 0 fully saturated rings. The fourth-order valence-corrected chi connectivity index (χ4v) is 2.31. The Kier molecular flexibility index (Phi) is 3.92. The van der Waals surface area contributed by atoms with Gasteiger partial charge < -0.3 is 11.1 Å². The zero-order valence-electron chi connectivity index (χ0n) is 12.9. The number of anilines is 3. The Balaban J connectivity index is 1.82. The Labute approximate surface area is 133 Å². The molecule has 2 heterocycles. The Bertz CT molecular complexity index is 822. The molecule has 3 aromatic rings. The van der Waals surface area contributed by atoms with Crippen LogP contribution in [0.2, 0.25) is 0 Å². The molecule has 0 radical (unpaired) electrons. The van der Waals surface area contributed by atoms with Gasteiger partial charge in [0.1, 0.15) is 11.6 Å². The summed E-state index contributed by atoms with van der Waals surface area (Å²) in [5, 5.41) is 7.07. The fourth-order valence-electron chi connectivity index (χ4n) is 2.31. The van der Waals surface area contributed by atoms with Crippen LogP contribution in [0.15, 0.2) is 36.8 Å². The highest BCUT2D eigenvalue weighted by Crippen LogP contribution is 2.21. The molecule has 118 valence electrons. The number of aryl methyl sites for hydroxylation is 2. The molecule has 6 nitrogen and oxygen atoms in total. The van der Waals surface area contributed by atoms with Crippen LogP contribution in [0, 0.1) is 12.7 Å². The lowest BCUT2D eigenvalue weighted by Crippen LogP contribution is -2.05. The van der Waals surface area contributed by atoms with Gasteiger partial charge in [-0.15, -0.1) is 0 Å². The summed E-state index contributed by atoms with van der Waals surface area (Å²) in [6.45, 7) is 1.87. The zero-order valence-corrected chi connectivity index (χ0v) is 12.9. The van der Waals surface area contributed by atoms with Crippen molar-refractivity contribution in [2.24, 2.45) is 7.05 Å². The lowest BCUT2D eigenvalue weighted by molar-refractivity contribution is 0.612. The molecule has 3 N–H and O–H groups in total. The van der Waals surface area contributed by atoms with Crippen LogP contribution in [-0.2, 0) is 13.5 Å². The van der Waals surface area contributed by atoms with Crippen molar-refractivity contribution in [2.45, 2.75) is 13.3 Å². The average Bonchev–Trinajstić information content (AvgIpc) is 2.90. The van der Waals surface area contributed by atoms with Gasteiger partial charge in [-0.2, -0.15) is 10.1 Å². The normalized spacial score (nSPS) is 10.7. The lowest BCUT2D eigenvalue weighted by atomic mass is 10.0. The first-order valence-electron chi connectivity index (χ1n) is 7.14. The molecule has 0 aliphatic heterocycles. The molecule has 2 aromatic heterocycles. The predicted octanol–water partition coefficient (Wildman–Crippen LogP) is 2.57. The molecular formula is C16H17FN6. The molecular weight excluding hydrogens is 295 g/mol. The van der Waals surface area contributed by atoms with Crippen molar-refractivity contribution in [1.29, 1.82) is 0 Å². The number of nitrogens with one attached hydrogen (secondary N) is 1. The fraction of sp³-hybridized carbons (Fsp3) is 0.188. The number of nitrogens with two attached hydrogens (primary N) is 1. The third-order valence-corrected chi connectivity index (χ3v) is 3.58. The Morgan fingerprint density at radius 2 is 2.13 bits per heavy atom. The number of halogens is 1. The summed E-state index contributed by atoms with van der Waals surface area (Å²) in [6.07, 6.45) is 5.44. The maximum Gasteiger partial charge on any atom is 0.229 e. The monoisotopic (exact) mass is 312 g/mol. The second-order valence-corrected chi connectivity index (χ2v) is 5.34. The van der Waals surface area contributed by atoms with Crippen molar-refractivity contribution in [3.05, 3.63) is 59.3 Å². The number of nitrogen functional groups attached to an aromatic ring is 1. The van der Waals surface area contributed by atoms with Gasteiger partial charge in [-0.25, -0.2) is 9.37 Å². The molecule has 0 atom stereocenters. The standard InChI is InChI=1S/C16H17FN6/c1-10-4-3-5-14(17)13(10)6-11-7-19-16(22-15(11)18)21-12-8-20-23(2)9-12/h3-5,7-9H,6H2,1-2H3,(H3,18,19,21,22). The summed E-state index contributed by atoms with van der Waals surface area (Å²) < 4.78 is 15.6. The SMILES string of the molecule is Cc1cccc(F)c1Cc1cnc(Nc2cnn(C)c2)nc1N. The molecule has 0 unspecified atom stereocenters. The molecule has 0 aliphatic rings. The van der Waals surface area contributed by atoms with Crippen LogP contribution >= 0.6 is 0 Å². The van der Waals surface area contributed by atoms with Gasteiger partial charge in [0.05, 0.1) is 11.9 Å². The van der Waals surface area contributed by atoms with Gasteiger partial charge in [0.2, 0.25) is 5.95 Å². The van der Waals surface area contributed by atoms with Crippen LogP contribution in [0.3, 0.4) is 0 Å². The smallest absolute Gasteiger partial charge is 0.229 e. The van der Waals surface area contributed by atoms with E-state index in [2.05, 4.69) is 20.4 Å². The van der Waals surface area contributed by atoms with Crippen LogP contribution in [0.25, 0.3) is 0 Å². The summed E-state index contributed by atoms with van der Waals surface area (Å²) in [4.78, 5) is 8.47. The molecule has 0 saturated carbocycles. The van der Waals surface area contributed by atoms with Gasteiger partial charge in [-0.1, -0.05) is 12.1 Å². The van der Waals surface area contributed by atoms with E-state index >= 15 is 0 Å². The van der Waals surface area contributed by atoms with E-state index < -0.39 is 0 Å². The first-order valence-corrected chi connectivity index (χ1v) is 7.14. The molecule has 0 spiro atoms. The van der Waals surface area contributed by atoms with Gasteiger partial charge in [0, 0.05) is 31.4 Å². The summed E-state index contributed by atoms with van der Waals surface area (Å²) in [7, 11) is 1.82. The lowest BCUT2D eigenvalue weighted by Gasteiger charge is -2.10. The topological polar surface area (TPSA) is 81.7 Å². The van der Waals surface area contributed by atoms with E-state index in [1.165, 1.54) is 6.07 Å². The van der Waals surface area contributed by atoms with Crippen molar-refractivity contribution < 1.29 is 4.39 Å². The second-order valence-electron chi connectivity index (χ2n) is 5.34.